The predicted octanol–water partition coefficient (Wildman–Crippen LogP) is 0.268. The lowest BCUT2D eigenvalue weighted by molar-refractivity contribution is 0.273. The van der Waals surface area contributed by atoms with Crippen LogP contribution >= 0.6 is 0 Å². The lowest BCUT2D eigenvalue weighted by atomic mass is 10.3. The van der Waals surface area contributed by atoms with Crippen LogP contribution in [0.1, 0.15) is 5.56 Å². The molecule has 0 unspecified atom stereocenters. The number of hydrogen-bond acceptors (Lipinski definition) is 2. The molecule has 2 N–H and O–H groups in total. The Bertz CT molecular complexity index is 290. The predicted molar refractivity (Wildman–Crippen MR) is 42.1 cm³/mol. The molecule has 1 heterocycles. The number of nitrogens with zero attached hydrogens (tertiary/aromatic N) is 1. The van der Waals surface area contributed by atoms with Crippen molar-refractivity contribution >= 4 is 0 Å². The molecule has 0 bridgehead atoms. The van der Waals surface area contributed by atoms with Crippen molar-refractivity contribution in [3.63, 3.8) is 0 Å². The van der Waals surface area contributed by atoms with Gasteiger partial charge in [-0.2, -0.15) is 0 Å². The van der Waals surface area contributed by atoms with Crippen molar-refractivity contribution in [3.8, 4) is 0 Å². The van der Waals surface area contributed by atoms with Crippen LogP contribution in [0.4, 0.5) is 0 Å². The quantitative estimate of drug-likeness (QED) is 0.627. The Kier molecular flexibility index (Phi) is 2.44. The minimum absolute atomic E-state index is 0.0833. The smallest absolute Gasteiger partial charge is 0.124 e. The maximum absolute atomic E-state index is 8.63. The standard InChI is InChI=1S/C8H12N2O/c1-7-2-3-8(9)10(6-7)4-5-11/h2-3,6,9,11H,4-5H2,1H3. The fourth-order valence-electron chi connectivity index (χ4n) is 0.957. The molecule has 0 amide bonds. The first kappa shape index (κ1) is 8.01. The molecule has 0 spiro atoms. The van der Waals surface area contributed by atoms with E-state index >= 15 is 0 Å². The van der Waals surface area contributed by atoms with Crippen molar-refractivity contribution in [2.45, 2.75) is 13.5 Å². The van der Waals surface area contributed by atoms with E-state index in [0.29, 0.717) is 12.0 Å². The topological polar surface area (TPSA) is 49.0 Å². The van der Waals surface area contributed by atoms with Crippen molar-refractivity contribution in [2.24, 2.45) is 0 Å². The van der Waals surface area contributed by atoms with Gasteiger partial charge in [-0.05, 0) is 18.6 Å². The summed E-state index contributed by atoms with van der Waals surface area (Å²) in [5.41, 5.74) is 1.54. The largest absolute Gasteiger partial charge is 0.395 e. The molecule has 0 aliphatic rings. The van der Waals surface area contributed by atoms with Gasteiger partial charge >= 0.3 is 0 Å². The van der Waals surface area contributed by atoms with Crippen molar-refractivity contribution in [1.29, 1.82) is 5.41 Å². The minimum Gasteiger partial charge on any atom is -0.395 e. The number of aliphatic hydroxyl groups excluding tert-OH is 1. The molecule has 0 aromatic carbocycles. The average Bonchev–Trinajstić information content (AvgIpc) is 1.98. The van der Waals surface area contributed by atoms with E-state index in [1.165, 1.54) is 0 Å². The maximum atomic E-state index is 8.63. The fourth-order valence-corrected chi connectivity index (χ4v) is 0.957. The zero-order valence-corrected chi connectivity index (χ0v) is 6.54. The lowest BCUT2D eigenvalue weighted by Gasteiger charge is -2.04. The van der Waals surface area contributed by atoms with Crippen LogP contribution in [0, 0.1) is 12.3 Å². The Morgan fingerprint density at radius 3 is 2.91 bits per heavy atom. The van der Waals surface area contributed by atoms with Crippen LogP contribution in [0.15, 0.2) is 18.3 Å². The molecule has 1 aromatic rings. The van der Waals surface area contributed by atoms with E-state index in [4.69, 9.17) is 10.5 Å². The summed E-state index contributed by atoms with van der Waals surface area (Å²) >= 11 is 0. The first-order valence-electron chi connectivity index (χ1n) is 3.56. The Hall–Kier alpha value is -1.09. The van der Waals surface area contributed by atoms with Crippen LogP contribution in [0.25, 0.3) is 0 Å². The van der Waals surface area contributed by atoms with Gasteiger partial charge in [0.05, 0.1) is 6.61 Å². The molecule has 3 heteroatoms. The van der Waals surface area contributed by atoms with Crippen LogP contribution in [0.2, 0.25) is 0 Å². The molecule has 0 radical (unpaired) electrons. The lowest BCUT2D eigenvalue weighted by Crippen LogP contribution is -2.20. The summed E-state index contributed by atoms with van der Waals surface area (Å²) < 4.78 is 1.72. The van der Waals surface area contributed by atoms with Gasteiger partial charge < -0.3 is 9.67 Å². The van der Waals surface area contributed by atoms with Crippen LogP contribution in [0.3, 0.4) is 0 Å². The van der Waals surface area contributed by atoms with Crippen molar-refractivity contribution in [2.75, 3.05) is 6.61 Å². The highest BCUT2D eigenvalue weighted by atomic mass is 16.3. The van der Waals surface area contributed by atoms with Gasteiger partial charge in [-0.25, -0.2) is 0 Å². The molecule has 0 aliphatic carbocycles. The zero-order chi connectivity index (χ0) is 8.27. The molecule has 11 heavy (non-hydrogen) atoms. The first-order valence-corrected chi connectivity index (χ1v) is 3.56. The molecular formula is C8H12N2O. The van der Waals surface area contributed by atoms with Crippen molar-refractivity contribution < 1.29 is 5.11 Å². The van der Waals surface area contributed by atoms with E-state index < -0.39 is 0 Å². The zero-order valence-electron chi connectivity index (χ0n) is 6.54. The molecular weight excluding hydrogens is 140 g/mol. The van der Waals surface area contributed by atoms with E-state index in [2.05, 4.69) is 0 Å². The summed E-state index contributed by atoms with van der Waals surface area (Å²) in [7, 11) is 0. The normalized spacial score (nSPS) is 10.0. The Morgan fingerprint density at radius 1 is 1.55 bits per heavy atom. The van der Waals surface area contributed by atoms with Gasteiger partial charge in [-0.3, -0.25) is 5.41 Å². The van der Waals surface area contributed by atoms with Gasteiger partial charge in [-0.1, -0.05) is 6.07 Å². The maximum Gasteiger partial charge on any atom is 0.124 e. The third kappa shape index (κ3) is 1.91. The van der Waals surface area contributed by atoms with Gasteiger partial charge in [0.15, 0.2) is 0 Å². The second kappa shape index (κ2) is 3.34. The highest BCUT2D eigenvalue weighted by Gasteiger charge is 1.90. The monoisotopic (exact) mass is 152 g/mol. The minimum atomic E-state index is 0.0833. The highest BCUT2D eigenvalue weighted by Crippen LogP contribution is 1.90. The SMILES string of the molecule is Cc1ccc(=N)n(CCO)c1. The fraction of sp³-hybridized carbons (Fsp3) is 0.375. The molecule has 1 rings (SSSR count). The second-order valence-corrected chi connectivity index (χ2v) is 2.51. The van der Waals surface area contributed by atoms with Gasteiger partial charge in [0, 0.05) is 12.7 Å². The second-order valence-electron chi connectivity index (χ2n) is 2.51. The van der Waals surface area contributed by atoms with Gasteiger partial charge in [-0.15, -0.1) is 0 Å². The first-order chi connectivity index (χ1) is 5.24. The molecule has 3 nitrogen and oxygen atoms in total. The summed E-state index contributed by atoms with van der Waals surface area (Å²) in [6.07, 6.45) is 1.86. The molecule has 0 fully saturated rings. The Balaban J connectivity index is 3.03. The number of rotatable bonds is 2. The van der Waals surface area contributed by atoms with Gasteiger partial charge in [0.25, 0.3) is 0 Å². The number of pyridine rings is 1. The van der Waals surface area contributed by atoms with E-state index in [1.807, 2.05) is 19.2 Å². The number of aryl methyl sites for hydroxylation is 1. The third-order valence-electron chi connectivity index (χ3n) is 1.51. The van der Waals surface area contributed by atoms with E-state index in [9.17, 15) is 0 Å². The summed E-state index contributed by atoms with van der Waals surface area (Å²) in [5, 5.41) is 16.1. The van der Waals surface area contributed by atoms with Crippen LogP contribution in [-0.2, 0) is 6.54 Å². The molecule has 1 aromatic heterocycles. The third-order valence-corrected chi connectivity index (χ3v) is 1.51. The van der Waals surface area contributed by atoms with Gasteiger partial charge in [0.2, 0.25) is 0 Å². The van der Waals surface area contributed by atoms with Crippen LogP contribution in [0.5, 0.6) is 0 Å². The molecule has 0 aliphatic heterocycles. The number of nitrogens with one attached hydrogen (secondary N) is 1. The van der Waals surface area contributed by atoms with Crippen LogP contribution in [-0.4, -0.2) is 16.3 Å². The van der Waals surface area contributed by atoms with Crippen LogP contribution < -0.4 is 5.49 Å². The summed E-state index contributed by atoms with van der Waals surface area (Å²) in [4.78, 5) is 0. The molecule has 0 saturated carbocycles. The number of aromatic nitrogens is 1. The van der Waals surface area contributed by atoms with E-state index in [1.54, 1.807) is 10.6 Å². The molecule has 60 valence electrons. The summed E-state index contributed by atoms with van der Waals surface area (Å²) in [6, 6.07) is 3.61. The average molecular weight is 152 g/mol. The van der Waals surface area contributed by atoms with Crippen molar-refractivity contribution in [3.05, 3.63) is 29.4 Å². The molecule has 0 saturated heterocycles. The molecule has 0 atom stereocenters. The Morgan fingerprint density at radius 2 is 2.27 bits per heavy atom. The number of aliphatic hydroxyl groups is 1. The highest BCUT2D eigenvalue weighted by molar-refractivity contribution is 5.06. The van der Waals surface area contributed by atoms with E-state index in [-0.39, 0.29) is 6.61 Å². The van der Waals surface area contributed by atoms with Gasteiger partial charge in [0.1, 0.15) is 5.49 Å². The summed E-state index contributed by atoms with van der Waals surface area (Å²) in [6.45, 7) is 2.55. The summed E-state index contributed by atoms with van der Waals surface area (Å²) in [5.74, 6) is 0. The Labute approximate surface area is 65.4 Å². The van der Waals surface area contributed by atoms with E-state index in [0.717, 1.165) is 5.56 Å². The van der Waals surface area contributed by atoms with Crippen molar-refractivity contribution in [1.82, 2.24) is 4.57 Å². The number of hydrogen-bond donors (Lipinski definition) is 2.